The molecule has 0 fully saturated rings. The summed E-state index contributed by atoms with van der Waals surface area (Å²) >= 11 is 0. The number of ether oxygens (including phenoxy) is 2. The van der Waals surface area contributed by atoms with Gasteiger partial charge in [-0.25, -0.2) is 9.59 Å². The van der Waals surface area contributed by atoms with E-state index in [4.69, 9.17) is 9.47 Å². The van der Waals surface area contributed by atoms with Crippen molar-refractivity contribution in [1.29, 1.82) is 0 Å². The Morgan fingerprint density at radius 2 is 0.372 bits per heavy atom. The second-order valence-corrected chi connectivity index (χ2v) is 32.1. The summed E-state index contributed by atoms with van der Waals surface area (Å²) in [6, 6.07) is -1.60. The molecule has 558 valence electrons. The van der Waals surface area contributed by atoms with Gasteiger partial charge >= 0.3 is 11.9 Å². The third kappa shape index (κ3) is 65.2. The van der Waals surface area contributed by atoms with Crippen molar-refractivity contribution in [3.63, 3.8) is 0 Å². The van der Waals surface area contributed by atoms with E-state index < -0.39 is 24.0 Å². The van der Waals surface area contributed by atoms with Gasteiger partial charge in [-0.3, -0.25) is 9.59 Å². The van der Waals surface area contributed by atoms with E-state index in [0.29, 0.717) is 11.5 Å². The van der Waals surface area contributed by atoms with Crippen molar-refractivity contribution >= 4 is 45.3 Å². The summed E-state index contributed by atoms with van der Waals surface area (Å²) in [4.78, 5) is 55.1. The number of unbranched alkanes of at least 4 members (excludes halogenated alkanes) is 60. The second kappa shape index (κ2) is 77.3. The zero-order valence-electron chi connectivity index (χ0n) is 64.1. The third-order valence-corrected chi connectivity index (χ3v) is 22.9. The number of hydrogen-bond acceptors (Lipinski definition) is 8. The molecule has 0 aliphatic rings. The average Bonchev–Trinajstić information content (AvgIpc) is 1.63. The number of nitrogens with one attached hydrogen (secondary N) is 2. The molecule has 0 heterocycles. The molecule has 0 saturated heterocycles. The molecular weight excluding hydrogens is 1200 g/mol. The average molecular weight is 1360 g/mol. The summed E-state index contributed by atoms with van der Waals surface area (Å²) < 4.78 is 10.6. The minimum atomic E-state index is -0.802. The predicted molar refractivity (Wildman–Crippen MR) is 416 cm³/mol. The van der Waals surface area contributed by atoms with E-state index in [1.807, 2.05) is 0 Å². The molecule has 10 heteroatoms. The Morgan fingerprint density at radius 3 is 0.511 bits per heavy atom. The highest BCUT2D eigenvalue weighted by Gasteiger charge is 2.29. The number of esters is 2. The van der Waals surface area contributed by atoms with Crippen LogP contribution in [0.4, 0.5) is 0 Å². The van der Waals surface area contributed by atoms with Crippen LogP contribution in [-0.4, -0.2) is 61.6 Å². The molecule has 0 spiro atoms. The number of methoxy groups -OCH3 is 2. The van der Waals surface area contributed by atoms with Crippen molar-refractivity contribution in [2.75, 3.05) is 25.7 Å². The van der Waals surface area contributed by atoms with Crippen LogP contribution in [0.1, 0.15) is 464 Å². The molecule has 1 unspecified atom stereocenters. The molecule has 0 radical (unpaired) electrons. The molecule has 2 amide bonds. The maximum atomic E-state index is 14.2. The first kappa shape index (κ1) is 92.6. The summed E-state index contributed by atoms with van der Waals surface area (Å²) in [5.41, 5.74) is 0. The van der Waals surface area contributed by atoms with Gasteiger partial charge in [-0.2, -0.15) is 0 Å². The van der Waals surface area contributed by atoms with Crippen LogP contribution in [0.3, 0.4) is 0 Å². The van der Waals surface area contributed by atoms with E-state index in [2.05, 4.69) is 38.3 Å². The Balaban J connectivity index is 5.41. The van der Waals surface area contributed by atoms with Gasteiger partial charge in [-0.1, -0.05) is 460 Å². The van der Waals surface area contributed by atoms with Crippen molar-refractivity contribution in [2.45, 2.75) is 476 Å². The van der Waals surface area contributed by atoms with Gasteiger partial charge in [-0.15, -0.1) is 0 Å². The van der Waals surface area contributed by atoms with Crippen molar-refractivity contribution in [3.05, 3.63) is 0 Å². The minimum Gasteiger partial charge on any atom is -0.467 e. The summed E-state index contributed by atoms with van der Waals surface area (Å²) in [7, 11) is 5.66. The first-order chi connectivity index (χ1) is 46.3. The fourth-order valence-corrected chi connectivity index (χ4v) is 16.3. The predicted octanol–water partition coefficient (Wildman–Crippen LogP) is 27.5. The van der Waals surface area contributed by atoms with E-state index in [1.165, 1.54) is 395 Å². The van der Waals surface area contributed by atoms with E-state index in [-0.39, 0.29) is 23.7 Å². The van der Waals surface area contributed by atoms with Gasteiger partial charge in [0, 0.05) is 23.3 Å². The zero-order chi connectivity index (χ0) is 68.4. The normalized spacial score (nSPS) is 12.3. The smallest absolute Gasteiger partial charge is 0.329 e. The Kier molecular flexibility index (Phi) is 76.2. The van der Waals surface area contributed by atoms with Crippen LogP contribution < -0.4 is 10.6 Å². The highest BCUT2D eigenvalue weighted by Crippen LogP contribution is 2.28. The van der Waals surface area contributed by atoms with Gasteiger partial charge in [0.05, 0.1) is 14.2 Å². The Bertz CT molecular complexity index is 1380. The van der Waals surface area contributed by atoms with Gasteiger partial charge in [0.25, 0.3) is 0 Å². The van der Waals surface area contributed by atoms with E-state index in [0.717, 1.165) is 77.0 Å². The molecule has 0 aliphatic carbocycles. The first-order valence-electron chi connectivity index (χ1n) is 42.3. The Morgan fingerprint density at radius 1 is 0.234 bits per heavy atom. The van der Waals surface area contributed by atoms with Crippen LogP contribution in [0.25, 0.3) is 0 Å². The highest BCUT2D eigenvalue weighted by molar-refractivity contribution is 8.76. The largest absolute Gasteiger partial charge is 0.467 e. The molecule has 0 bridgehead atoms. The van der Waals surface area contributed by atoms with Crippen molar-refractivity contribution in [2.24, 2.45) is 11.8 Å². The maximum absolute atomic E-state index is 14.2. The Hall–Kier alpha value is -1.42. The number of rotatable bonds is 79. The summed E-state index contributed by atoms with van der Waals surface area (Å²) in [5, 5.41) is 6.30. The lowest BCUT2D eigenvalue weighted by Gasteiger charge is -2.22. The first-order valence-corrected chi connectivity index (χ1v) is 44.8. The monoisotopic (exact) mass is 1360 g/mol. The van der Waals surface area contributed by atoms with Crippen LogP contribution in [0.5, 0.6) is 0 Å². The fraction of sp³-hybridized carbons (Fsp3) is 0.952. The van der Waals surface area contributed by atoms with Gasteiger partial charge in [0.15, 0.2) is 0 Å². The summed E-state index contributed by atoms with van der Waals surface area (Å²) in [6.45, 7) is 9.16. The Labute approximate surface area is 595 Å². The molecule has 0 aromatic rings. The zero-order valence-corrected chi connectivity index (χ0v) is 65.7. The standard InChI is InChI=1S/C84H164N2O6S2/c1-7-11-15-19-23-27-31-35-39-43-47-51-55-59-63-67-71-77(72-68-64-60-56-52-48-44-40-36-32-28-24-20-16-12-8-2)81(87)85-79(83(89)91-5)75-93-94-76-80(84(90)92-6)86-82(88)78(73-69-65-61-57-53-49-45-41-37-33-29-25-21-17-13-9-3)74-70-66-62-58-54-50-46-42-38-34-30-26-22-18-14-10-4/h77-80H,7-76H2,1-6H3,(H,85,87)(H,86,88)/t79-,80?/m0/s1. The van der Waals surface area contributed by atoms with Crippen molar-refractivity contribution < 1.29 is 28.7 Å². The minimum absolute atomic E-state index is 0.0395. The molecule has 2 N–H and O–H groups in total. The van der Waals surface area contributed by atoms with Gasteiger partial charge in [-0.05, 0) is 25.7 Å². The van der Waals surface area contributed by atoms with Crippen LogP contribution in [0.2, 0.25) is 0 Å². The third-order valence-electron chi connectivity index (χ3n) is 20.5. The number of hydrogen-bond donors (Lipinski definition) is 2. The van der Waals surface area contributed by atoms with E-state index in [9.17, 15) is 19.2 Å². The molecule has 0 aliphatic heterocycles. The molecule has 0 aromatic carbocycles. The van der Waals surface area contributed by atoms with E-state index in [1.54, 1.807) is 0 Å². The number of amides is 2. The fourth-order valence-electron chi connectivity index (χ4n) is 14.0. The molecule has 94 heavy (non-hydrogen) atoms. The van der Waals surface area contributed by atoms with Crippen LogP contribution in [0.15, 0.2) is 0 Å². The molecule has 0 saturated carbocycles. The molecule has 8 nitrogen and oxygen atoms in total. The van der Waals surface area contributed by atoms with Gasteiger partial charge < -0.3 is 20.1 Å². The SMILES string of the molecule is CCCCCCCCCCCCCCCCCCC(CCCCCCCCCCCCCCCCCC)C(=O)NC(CSSC[C@H](NC(=O)C(CCCCCCCCCCCCCCCCCC)CCCCCCCCCCCCCCCCCC)C(=O)OC)C(=O)OC. The van der Waals surface area contributed by atoms with Crippen molar-refractivity contribution in [3.8, 4) is 0 Å². The molecular formula is C84H164N2O6S2. The van der Waals surface area contributed by atoms with Crippen LogP contribution in [-0.2, 0) is 28.7 Å². The molecule has 2 atom stereocenters. The lowest BCUT2D eigenvalue weighted by molar-refractivity contribution is -0.145. The van der Waals surface area contributed by atoms with Crippen molar-refractivity contribution in [1.82, 2.24) is 10.6 Å². The number of carbonyl (C=O) groups is 4. The molecule has 0 rings (SSSR count). The molecule has 0 aromatic heterocycles. The summed E-state index contributed by atoms with van der Waals surface area (Å²) in [6.07, 6.45) is 88.1. The highest BCUT2D eigenvalue weighted by atomic mass is 33.1. The van der Waals surface area contributed by atoms with Gasteiger partial charge in [0.1, 0.15) is 12.1 Å². The number of carbonyl (C=O) groups excluding carboxylic acids is 4. The lowest BCUT2D eigenvalue weighted by atomic mass is 9.93. The van der Waals surface area contributed by atoms with Gasteiger partial charge in [0.2, 0.25) is 11.8 Å². The maximum Gasteiger partial charge on any atom is 0.329 e. The van der Waals surface area contributed by atoms with E-state index >= 15 is 0 Å². The quantitative estimate of drug-likeness (QED) is 0.0352. The lowest BCUT2D eigenvalue weighted by Crippen LogP contribution is -2.46. The van der Waals surface area contributed by atoms with Crippen LogP contribution >= 0.6 is 21.6 Å². The second-order valence-electron chi connectivity index (χ2n) is 29.5. The van der Waals surface area contributed by atoms with Crippen LogP contribution in [0, 0.1) is 11.8 Å². The summed E-state index contributed by atoms with van der Waals surface area (Å²) in [5.74, 6) is -0.637. The topological polar surface area (TPSA) is 111 Å².